The predicted molar refractivity (Wildman–Crippen MR) is 69.6 cm³/mol. The van der Waals surface area contributed by atoms with Gasteiger partial charge in [-0.3, -0.25) is 0 Å². The lowest BCUT2D eigenvalue weighted by Gasteiger charge is -2.48. The van der Waals surface area contributed by atoms with Gasteiger partial charge in [0.1, 0.15) is 12.1 Å². The molecule has 18 heavy (non-hydrogen) atoms. The van der Waals surface area contributed by atoms with Crippen LogP contribution in [0.25, 0.3) is 5.78 Å². The summed E-state index contributed by atoms with van der Waals surface area (Å²) in [5, 5.41) is 4.22. The summed E-state index contributed by atoms with van der Waals surface area (Å²) in [6, 6.07) is 2.03. The van der Waals surface area contributed by atoms with Crippen molar-refractivity contribution in [1.82, 2.24) is 19.6 Å². The summed E-state index contributed by atoms with van der Waals surface area (Å²) in [5.74, 6) is 1.68. The fourth-order valence-corrected chi connectivity index (χ4v) is 2.67. The van der Waals surface area contributed by atoms with E-state index in [-0.39, 0.29) is 5.54 Å². The summed E-state index contributed by atoms with van der Waals surface area (Å²) in [6.45, 7) is 5.89. The first-order valence-corrected chi connectivity index (χ1v) is 6.32. The fraction of sp³-hybridized carbons (Fsp3) is 0.583. The number of hydrogen-bond acceptors (Lipinski definition) is 5. The zero-order chi connectivity index (χ0) is 12.8. The SMILES string of the molecule is CCCC1(N)CN(c2cc(C)nc3ncnn23)C1. The van der Waals surface area contributed by atoms with E-state index < -0.39 is 0 Å². The Morgan fingerprint density at radius 1 is 1.44 bits per heavy atom. The zero-order valence-electron chi connectivity index (χ0n) is 10.8. The van der Waals surface area contributed by atoms with Crippen molar-refractivity contribution in [2.75, 3.05) is 18.0 Å². The number of aromatic nitrogens is 4. The smallest absolute Gasteiger partial charge is 0.254 e. The van der Waals surface area contributed by atoms with Crippen LogP contribution in [0.4, 0.5) is 5.82 Å². The van der Waals surface area contributed by atoms with Gasteiger partial charge in [0.15, 0.2) is 0 Å². The summed E-state index contributed by atoms with van der Waals surface area (Å²) in [4.78, 5) is 10.7. The van der Waals surface area contributed by atoms with Crippen molar-refractivity contribution in [1.29, 1.82) is 0 Å². The molecular formula is C12H18N6. The lowest BCUT2D eigenvalue weighted by molar-refractivity contribution is 0.304. The molecular weight excluding hydrogens is 228 g/mol. The number of aryl methyl sites for hydroxylation is 1. The molecule has 3 rings (SSSR count). The van der Waals surface area contributed by atoms with Crippen molar-refractivity contribution in [2.24, 2.45) is 5.73 Å². The van der Waals surface area contributed by atoms with Gasteiger partial charge in [-0.25, -0.2) is 4.98 Å². The van der Waals surface area contributed by atoms with E-state index in [2.05, 4.69) is 26.9 Å². The standard InChI is InChI=1S/C12H18N6/c1-3-4-12(13)6-17(7-12)10-5-9(2)16-11-14-8-15-18(10)11/h5,8H,3-4,6-7,13H2,1-2H3. The van der Waals surface area contributed by atoms with Crippen LogP contribution in [-0.4, -0.2) is 38.2 Å². The van der Waals surface area contributed by atoms with Crippen molar-refractivity contribution >= 4 is 11.6 Å². The van der Waals surface area contributed by atoms with Gasteiger partial charge in [0, 0.05) is 24.8 Å². The highest BCUT2D eigenvalue weighted by atomic mass is 15.4. The Morgan fingerprint density at radius 2 is 2.22 bits per heavy atom. The van der Waals surface area contributed by atoms with Gasteiger partial charge in [-0.15, -0.1) is 0 Å². The summed E-state index contributed by atoms with van der Waals surface area (Å²) >= 11 is 0. The molecule has 0 aromatic carbocycles. The molecule has 2 aromatic heterocycles. The topological polar surface area (TPSA) is 72.3 Å². The first-order valence-electron chi connectivity index (χ1n) is 6.32. The normalized spacial score (nSPS) is 18.1. The van der Waals surface area contributed by atoms with E-state index in [0.29, 0.717) is 5.78 Å². The molecule has 0 amide bonds. The quantitative estimate of drug-likeness (QED) is 0.865. The summed E-state index contributed by atoms with van der Waals surface area (Å²) in [5.41, 5.74) is 7.21. The lowest BCUT2D eigenvalue weighted by atomic mass is 9.86. The van der Waals surface area contributed by atoms with Crippen molar-refractivity contribution in [3.63, 3.8) is 0 Å². The highest BCUT2D eigenvalue weighted by Crippen LogP contribution is 2.29. The molecule has 6 nitrogen and oxygen atoms in total. The van der Waals surface area contributed by atoms with Crippen LogP contribution in [0.5, 0.6) is 0 Å². The minimum atomic E-state index is -0.0428. The van der Waals surface area contributed by atoms with Gasteiger partial charge in [0.05, 0.1) is 5.54 Å². The van der Waals surface area contributed by atoms with Crippen LogP contribution in [0.1, 0.15) is 25.5 Å². The second-order valence-electron chi connectivity index (χ2n) is 5.20. The molecule has 0 radical (unpaired) electrons. The van der Waals surface area contributed by atoms with E-state index in [1.54, 1.807) is 4.52 Å². The van der Waals surface area contributed by atoms with Gasteiger partial charge in [0.25, 0.3) is 5.78 Å². The molecule has 2 N–H and O–H groups in total. The average molecular weight is 246 g/mol. The number of rotatable bonds is 3. The van der Waals surface area contributed by atoms with Gasteiger partial charge in [0.2, 0.25) is 0 Å². The minimum Gasteiger partial charge on any atom is -0.353 e. The first kappa shape index (κ1) is 11.4. The van der Waals surface area contributed by atoms with Crippen LogP contribution in [0.15, 0.2) is 12.4 Å². The fourth-order valence-electron chi connectivity index (χ4n) is 2.67. The van der Waals surface area contributed by atoms with E-state index in [9.17, 15) is 0 Å². The Hall–Kier alpha value is -1.69. The zero-order valence-corrected chi connectivity index (χ0v) is 10.8. The van der Waals surface area contributed by atoms with Gasteiger partial charge in [-0.05, 0) is 13.3 Å². The van der Waals surface area contributed by atoms with Gasteiger partial charge in [-0.2, -0.15) is 14.6 Å². The Morgan fingerprint density at radius 3 is 2.94 bits per heavy atom. The van der Waals surface area contributed by atoms with Crippen molar-refractivity contribution in [3.05, 3.63) is 18.1 Å². The van der Waals surface area contributed by atoms with Gasteiger partial charge < -0.3 is 10.6 Å². The summed E-state index contributed by atoms with van der Waals surface area (Å²) in [7, 11) is 0. The molecule has 0 bridgehead atoms. The van der Waals surface area contributed by atoms with E-state index in [1.807, 2.05) is 13.0 Å². The maximum Gasteiger partial charge on any atom is 0.254 e. The number of fused-ring (bicyclic) bond motifs is 1. The molecule has 0 saturated carbocycles. The maximum absolute atomic E-state index is 6.30. The highest BCUT2D eigenvalue weighted by molar-refractivity contribution is 5.50. The van der Waals surface area contributed by atoms with Crippen LogP contribution in [0.2, 0.25) is 0 Å². The third-order valence-corrected chi connectivity index (χ3v) is 3.44. The molecule has 3 heterocycles. The van der Waals surface area contributed by atoms with Crippen molar-refractivity contribution in [3.8, 4) is 0 Å². The molecule has 0 unspecified atom stereocenters. The predicted octanol–water partition coefficient (Wildman–Crippen LogP) is 0.750. The van der Waals surface area contributed by atoms with E-state index in [4.69, 9.17) is 5.73 Å². The third kappa shape index (κ3) is 1.73. The Labute approximate surface area is 106 Å². The van der Waals surface area contributed by atoms with E-state index >= 15 is 0 Å². The van der Waals surface area contributed by atoms with Crippen molar-refractivity contribution in [2.45, 2.75) is 32.2 Å². The van der Waals surface area contributed by atoms with Crippen LogP contribution < -0.4 is 10.6 Å². The largest absolute Gasteiger partial charge is 0.353 e. The van der Waals surface area contributed by atoms with E-state index in [1.165, 1.54) is 6.33 Å². The molecule has 0 spiro atoms. The molecule has 1 saturated heterocycles. The van der Waals surface area contributed by atoms with Gasteiger partial charge in [-0.1, -0.05) is 13.3 Å². The number of nitrogens with two attached hydrogens (primary N) is 1. The van der Waals surface area contributed by atoms with Crippen LogP contribution in [0, 0.1) is 6.92 Å². The molecule has 1 aliphatic heterocycles. The molecule has 96 valence electrons. The van der Waals surface area contributed by atoms with Crippen molar-refractivity contribution < 1.29 is 0 Å². The Balaban J connectivity index is 1.90. The maximum atomic E-state index is 6.30. The monoisotopic (exact) mass is 246 g/mol. The second-order valence-corrected chi connectivity index (χ2v) is 5.20. The molecule has 0 atom stereocenters. The number of hydrogen-bond donors (Lipinski definition) is 1. The van der Waals surface area contributed by atoms with Crippen LogP contribution in [-0.2, 0) is 0 Å². The van der Waals surface area contributed by atoms with Gasteiger partial charge >= 0.3 is 0 Å². The lowest BCUT2D eigenvalue weighted by Crippen LogP contribution is -2.67. The summed E-state index contributed by atoms with van der Waals surface area (Å²) in [6.07, 6.45) is 3.72. The average Bonchev–Trinajstić information content (AvgIpc) is 2.72. The van der Waals surface area contributed by atoms with E-state index in [0.717, 1.165) is 37.4 Å². The minimum absolute atomic E-state index is 0.0428. The summed E-state index contributed by atoms with van der Waals surface area (Å²) < 4.78 is 1.78. The highest BCUT2D eigenvalue weighted by Gasteiger charge is 2.39. The third-order valence-electron chi connectivity index (χ3n) is 3.44. The number of anilines is 1. The molecule has 1 fully saturated rings. The Bertz CT molecular complexity index is 569. The first-order chi connectivity index (χ1) is 8.61. The second kappa shape index (κ2) is 3.91. The van der Waals surface area contributed by atoms with Crippen LogP contribution in [0.3, 0.4) is 0 Å². The number of nitrogens with zero attached hydrogens (tertiary/aromatic N) is 5. The molecule has 0 aliphatic carbocycles. The molecule has 6 heteroatoms. The molecule has 2 aromatic rings. The van der Waals surface area contributed by atoms with Crippen LogP contribution >= 0.6 is 0 Å². The molecule has 1 aliphatic rings. The Kier molecular flexibility index (Phi) is 2.48.